The number of terminal acetylenes is 1. The number of carboxylic acids is 1. The molecule has 1 aromatic carbocycles. The lowest BCUT2D eigenvalue weighted by Gasteiger charge is -2.11. The van der Waals surface area contributed by atoms with Gasteiger partial charge < -0.3 is 14.6 Å². The van der Waals surface area contributed by atoms with Crippen LogP contribution in [0.4, 0.5) is 4.39 Å². The minimum atomic E-state index is -1.94. The van der Waals surface area contributed by atoms with Gasteiger partial charge in [-0.3, -0.25) is 0 Å². The summed E-state index contributed by atoms with van der Waals surface area (Å²) in [6.45, 7) is 0.0938. The van der Waals surface area contributed by atoms with E-state index in [2.05, 4.69) is 5.92 Å². The summed E-state index contributed by atoms with van der Waals surface area (Å²) in [6.07, 6.45) is 2.91. The Morgan fingerprint density at radius 3 is 2.83 bits per heavy atom. The zero-order valence-corrected chi connectivity index (χ0v) is 9.85. The van der Waals surface area contributed by atoms with Gasteiger partial charge >= 0.3 is 5.97 Å². The average Bonchev–Trinajstić information content (AvgIpc) is 2.36. The summed E-state index contributed by atoms with van der Waals surface area (Å²) in [7, 11) is 1.44. The van der Waals surface area contributed by atoms with Crippen molar-refractivity contribution >= 4 is 5.97 Å². The first-order valence-corrected chi connectivity index (χ1v) is 5.18. The minimum Gasteiger partial charge on any atom is -0.493 e. The largest absolute Gasteiger partial charge is 0.493 e. The number of carbonyl (C=O) groups is 1. The van der Waals surface area contributed by atoms with Crippen molar-refractivity contribution in [2.45, 2.75) is 12.6 Å². The van der Waals surface area contributed by atoms with Crippen LogP contribution in [0.2, 0.25) is 0 Å². The van der Waals surface area contributed by atoms with Crippen LogP contribution >= 0.6 is 0 Å². The lowest BCUT2D eigenvalue weighted by atomic mass is 10.1. The molecule has 0 saturated carbocycles. The van der Waals surface area contributed by atoms with Crippen LogP contribution in [-0.4, -0.2) is 31.0 Å². The van der Waals surface area contributed by atoms with Crippen molar-refractivity contribution in [1.82, 2.24) is 0 Å². The van der Waals surface area contributed by atoms with Crippen molar-refractivity contribution in [3.63, 3.8) is 0 Å². The van der Waals surface area contributed by atoms with Crippen LogP contribution in [0.5, 0.6) is 11.5 Å². The van der Waals surface area contributed by atoms with Crippen LogP contribution in [0.1, 0.15) is 5.56 Å². The van der Waals surface area contributed by atoms with Crippen molar-refractivity contribution in [3.05, 3.63) is 23.8 Å². The highest BCUT2D eigenvalue weighted by atomic mass is 19.1. The lowest BCUT2D eigenvalue weighted by Crippen LogP contribution is -2.17. The number of hydrogen-bond acceptors (Lipinski definition) is 3. The molecule has 1 unspecified atom stereocenters. The summed E-state index contributed by atoms with van der Waals surface area (Å²) in [5, 5.41) is 8.49. The zero-order chi connectivity index (χ0) is 13.5. The van der Waals surface area contributed by atoms with E-state index in [-0.39, 0.29) is 13.0 Å². The molecule has 0 spiro atoms. The van der Waals surface area contributed by atoms with E-state index < -0.39 is 12.1 Å². The number of halogens is 1. The molecule has 0 amide bonds. The third kappa shape index (κ3) is 3.67. The molecule has 0 aliphatic heterocycles. The third-order valence-electron chi connectivity index (χ3n) is 2.22. The molecule has 0 fully saturated rings. The Morgan fingerprint density at radius 1 is 1.56 bits per heavy atom. The van der Waals surface area contributed by atoms with Crippen molar-refractivity contribution in [3.8, 4) is 23.8 Å². The highest BCUT2D eigenvalue weighted by molar-refractivity contribution is 5.72. The van der Waals surface area contributed by atoms with Gasteiger partial charge in [-0.15, -0.1) is 6.42 Å². The highest BCUT2D eigenvalue weighted by Gasteiger charge is 2.17. The Bertz CT molecular complexity index is 465. The summed E-state index contributed by atoms with van der Waals surface area (Å²) < 4.78 is 23.3. The standard InChI is InChI=1S/C13H13FO4/c1-3-6-18-11-5-4-9(8-12(11)17-2)7-10(14)13(15)16/h1,4-5,8,10H,6-7H2,2H3,(H,15,16). The maximum Gasteiger partial charge on any atom is 0.338 e. The molecule has 0 bridgehead atoms. The summed E-state index contributed by atoms with van der Waals surface area (Å²) in [4.78, 5) is 10.4. The predicted octanol–water partition coefficient (Wildman–Crippen LogP) is 1.67. The first kappa shape index (κ1) is 13.8. The fourth-order valence-electron chi connectivity index (χ4n) is 1.37. The Labute approximate surface area is 104 Å². The minimum absolute atomic E-state index is 0.0938. The van der Waals surface area contributed by atoms with Crippen molar-refractivity contribution in [2.24, 2.45) is 0 Å². The SMILES string of the molecule is C#CCOc1ccc(CC(F)C(=O)O)cc1OC. The van der Waals surface area contributed by atoms with Gasteiger partial charge in [0.05, 0.1) is 7.11 Å². The van der Waals surface area contributed by atoms with Crippen LogP contribution in [0.3, 0.4) is 0 Å². The molecule has 1 aromatic rings. The van der Waals surface area contributed by atoms with E-state index >= 15 is 0 Å². The van der Waals surface area contributed by atoms with Gasteiger partial charge in [0, 0.05) is 6.42 Å². The first-order chi connectivity index (χ1) is 8.58. The van der Waals surface area contributed by atoms with Gasteiger partial charge in [-0.2, -0.15) is 0 Å². The first-order valence-electron chi connectivity index (χ1n) is 5.18. The monoisotopic (exact) mass is 252 g/mol. The van der Waals surface area contributed by atoms with E-state index in [0.717, 1.165) is 0 Å². The summed E-state index contributed by atoms with van der Waals surface area (Å²) in [6, 6.07) is 4.67. The number of alkyl halides is 1. The lowest BCUT2D eigenvalue weighted by molar-refractivity contribution is -0.142. The molecular formula is C13H13FO4. The second kappa shape index (κ2) is 6.50. The van der Waals surface area contributed by atoms with E-state index in [9.17, 15) is 9.18 Å². The number of hydrogen-bond donors (Lipinski definition) is 1. The van der Waals surface area contributed by atoms with Gasteiger partial charge in [-0.05, 0) is 17.7 Å². The number of rotatable bonds is 6. The number of aliphatic carboxylic acids is 1. The molecule has 0 radical (unpaired) electrons. The molecule has 1 atom stereocenters. The quantitative estimate of drug-likeness (QED) is 0.782. The van der Waals surface area contributed by atoms with Gasteiger partial charge in [0.15, 0.2) is 11.5 Å². The third-order valence-corrected chi connectivity index (χ3v) is 2.22. The van der Waals surface area contributed by atoms with E-state index in [1.807, 2.05) is 0 Å². The maximum atomic E-state index is 13.1. The smallest absolute Gasteiger partial charge is 0.338 e. The molecule has 96 valence electrons. The number of benzene rings is 1. The second-order valence-electron chi connectivity index (χ2n) is 3.49. The van der Waals surface area contributed by atoms with E-state index in [4.69, 9.17) is 21.0 Å². The summed E-state index contributed by atoms with van der Waals surface area (Å²) in [5.74, 6) is 1.65. The van der Waals surface area contributed by atoms with E-state index in [0.29, 0.717) is 17.1 Å². The van der Waals surface area contributed by atoms with Gasteiger partial charge in [0.25, 0.3) is 0 Å². The fraction of sp³-hybridized carbons (Fsp3) is 0.308. The van der Waals surface area contributed by atoms with Crippen molar-refractivity contribution in [2.75, 3.05) is 13.7 Å². The number of carboxylic acid groups (broad SMARTS) is 1. The highest BCUT2D eigenvalue weighted by Crippen LogP contribution is 2.28. The molecule has 4 nitrogen and oxygen atoms in total. The van der Waals surface area contributed by atoms with Crippen molar-refractivity contribution < 1.29 is 23.8 Å². The van der Waals surface area contributed by atoms with Crippen molar-refractivity contribution in [1.29, 1.82) is 0 Å². The topological polar surface area (TPSA) is 55.8 Å². The van der Waals surface area contributed by atoms with E-state index in [1.54, 1.807) is 12.1 Å². The Hall–Kier alpha value is -2.22. The molecular weight excluding hydrogens is 239 g/mol. The summed E-state index contributed by atoms with van der Waals surface area (Å²) in [5.41, 5.74) is 0.509. The van der Waals surface area contributed by atoms with Gasteiger partial charge in [0.2, 0.25) is 6.17 Å². The molecule has 0 heterocycles. The van der Waals surface area contributed by atoms with Crippen LogP contribution in [-0.2, 0) is 11.2 Å². The second-order valence-corrected chi connectivity index (χ2v) is 3.49. The molecule has 0 saturated heterocycles. The van der Waals surface area contributed by atoms with Crippen LogP contribution < -0.4 is 9.47 Å². The van der Waals surface area contributed by atoms with E-state index in [1.165, 1.54) is 13.2 Å². The van der Waals surface area contributed by atoms with Gasteiger partial charge in [-0.25, -0.2) is 9.18 Å². The Balaban J connectivity index is 2.85. The predicted molar refractivity (Wildman–Crippen MR) is 63.6 cm³/mol. The van der Waals surface area contributed by atoms with Gasteiger partial charge in [0.1, 0.15) is 6.61 Å². The fourth-order valence-corrected chi connectivity index (χ4v) is 1.37. The molecule has 0 aromatic heterocycles. The molecule has 18 heavy (non-hydrogen) atoms. The number of ether oxygens (including phenoxy) is 2. The zero-order valence-electron chi connectivity index (χ0n) is 9.85. The van der Waals surface area contributed by atoms with Crippen LogP contribution in [0, 0.1) is 12.3 Å². The normalized spacial score (nSPS) is 11.4. The maximum absolute atomic E-state index is 13.1. The average molecular weight is 252 g/mol. The molecule has 0 aliphatic rings. The molecule has 5 heteroatoms. The molecule has 1 rings (SSSR count). The van der Waals surface area contributed by atoms with Crippen LogP contribution in [0.25, 0.3) is 0 Å². The summed E-state index contributed by atoms with van der Waals surface area (Å²) >= 11 is 0. The molecule has 0 aliphatic carbocycles. The van der Waals surface area contributed by atoms with Crippen LogP contribution in [0.15, 0.2) is 18.2 Å². The Morgan fingerprint density at radius 2 is 2.28 bits per heavy atom. The number of methoxy groups -OCH3 is 1. The van der Waals surface area contributed by atoms with Gasteiger partial charge in [-0.1, -0.05) is 12.0 Å². The molecule has 1 N–H and O–H groups in total. The Kier molecular flexibility index (Phi) is 5.00.